The van der Waals surface area contributed by atoms with Crippen molar-refractivity contribution in [2.75, 3.05) is 18.4 Å². The van der Waals surface area contributed by atoms with E-state index in [1.807, 2.05) is 13.8 Å². The van der Waals surface area contributed by atoms with Crippen molar-refractivity contribution in [3.8, 4) is 0 Å². The lowest BCUT2D eigenvalue weighted by Gasteiger charge is -2.16. The molecule has 1 atom stereocenters. The molecule has 1 aliphatic carbocycles. The molecule has 3 rings (SSSR count). The highest BCUT2D eigenvalue weighted by Gasteiger charge is 2.39. The summed E-state index contributed by atoms with van der Waals surface area (Å²) in [5.74, 6) is 1.62. The van der Waals surface area contributed by atoms with Gasteiger partial charge in [-0.2, -0.15) is 0 Å². The van der Waals surface area contributed by atoms with E-state index in [1.165, 1.54) is 12.8 Å². The molecular weight excluding hydrogens is 240 g/mol. The van der Waals surface area contributed by atoms with E-state index in [2.05, 4.69) is 20.2 Å². The van der Waals surface area contributed by atoms with E-state index in [-0.39, 0.29) is 0 Å². The average molecular weight is 260 g/mol. The van der Waals surface area contributed by atoms with Crippen LogP contribution in [0.4, 0.5) is 5.82 Å². The van der Waals surface area contributed by atoms with Gasteiger partial charge in [0.15, 0.2) is 0 Å². The van der Waals surface area contributed by atoms with E-state index >= 15 is 0 Å². The Kier molecular flexibility index (Phi) is 3.12. The van der Waals surface area contributed by atoms with Gasteiger partial charge in [-0.1, -0.05) is 0 Å². The van der Waals surface area contributed by atoms with Gasteiger partial charge in [0.25, 0.3) is 0 Å². The number of rotatable bonds is 4. The Balaban J connectivity index is 1.58. The summed E-state index contributed by atoms with van der Waals surface area (Å²) in [4.78, 5) is 22.4. The molecule has 1 saturated heterocycles. The van der Waals surface area contributed by atoms with Crippen LogP contribution in [0.2, 0.25) is 0 Å². The number of nitrogens with zero attached hydrogens (tertiary/aromatic N) is 3. The molecule has 1 N–H and O–H groups in total. The van der Waals surface area contributed by atoms with Crippen LogP contribution in [-0.4, -0.2) is 39.9 Å². The largest absolute Gasteiger partial charge is 0.369 e. The van der Waals surface area contributed by atoms with Gasteiger partial charge in [0.2, 0.25) is 5.91 Å². The van der Waals surface area contributed by atoms with Crippen LogP contribution in [0.25, 0.3) is 0 Å². The van der Waals surface area contributed by atoms with Crippen LogP contribution in [0.1, 0.15) is 30.5 Å². The number of carbonyl (C=O) groups is 1. The lowest BCUT2D eigenvalue weighted by atomic mass is 10.1. The maximum Gasteiger partial charge on any atom is 0.223 e. The summed E-state index contributed by atoms with van der Waals surface area (Å²) in [6, 6.07) is 0.542. The maximum absolute atomic E-state index is 11.9. The van der Waals surface area contributed by atoms with Gasteiger partial charge in [0, 0.05) is 42.7 Å². The van der Waals surface area contributed by atoms with Gasteiger partial charge in [-0.25, -0.2) is 9.97 Å². The van der Waals surface area contributed by atoms with Crippen molar-refractivity contribution in [3.05, 3.63) is 17.6 Å². The summed E-state index contributed by atoms with van der Waals surface area (Å²) in [5.41, 5.74) is 2.09. The van der Waals surface area contributed by atoms with Crippen molar-refractivity contribution in [1.82, 2.24) is 14.9 Å². The Hall–Kier alpha value is -1.65. The number of amides is 1. The minimum atomic E-state index is 0.324. The fraction of sp³-hybridized carbons (Fsp3) is 0.643. The van der Waals surface area contributed by atoms with Gasteiger partial charge in [-0.05, 0) is 26.7 Å². The molecule has 1 amide bonds. The number of aryl methyl sites for hydroxylation is 1. The van der Waals surface area contributed by atoms with Gasteiger partial charge in [-0.3, -0.25) is 4.79 Å². The highest BCUT2D eigenvalue weighted by atomic mass is 16.2. The van der Waals surface area contributed by atoms with Gasteiger partial charge >= 0.3 is 0 Å². The van der Waals surface area contributed by atoms with E-state index in [0.29, 0.717) is 24.3 Å². The third kappa shape index (κ3) is 2.55. The van der Waals surface area contributed by atoms with E-state index in [1.54, 1.807) is 6.33 Å². The van der Waals surface area contributed by atoms with E-state index in [0.717, 1.165) is 30.2 Å². The fourth-order valence-corrected chi connectivity index (χ4v) is 2.64. The molecule has 0 spiro atoms. The van der Waals surface area contributed by atoms with Gasteiger partial charge in [-0.15, -0.1) is 0 Å². The van der Waals surface area contributed by atoms with E-state index in [4.69, 9.17) is 0 Å². The van der Waals surface area contributed by atoms with E-state index < -0.39 is 0 Å². The fourth-order valence-electron chi connectivity index (χ4n) is 2.64. The molecule has 1 aromatic rings. The first-order valence-electron chi connectivity index (χ1n) is 6.96. The molecule has 0 bridgehead atoms. The quantitative estimate of drug-likeness (QED) is 0.891. The normalized spacial score (nSPS) is 22.9. The van der Waals surface area contributed by atoms with Crippen LogP contribution in [0, 0.1) is 19.8 Å². The Morgan fingerprint density at radius 1 is 1.37 bits per heavy atom. The molecule has 5 nitrogen and oxygen atoms in total. The average Bonchev–Trinajstić information content (AvgIpc) is 3.16. The molecular formula is C14H20N4O. The van der Waals surface area contributed by atoms with Gasteiger partial charge in [0.1, 0.15) is 12.1 Å². The molecule has 5 heteroatoms. The first kappa shape index (κ1) is 12.4. The number of carbonyl (C=O) groups excluding carboxylic acids is 1. The zero-order chi connectivity index (χ0) is 13.4. The molecule has 2 heterocycles. The molecule has 1 aromatic heterocycles. The Labute approximate surface area is 113 Å². The maximum atomic E-state index is 11.9. The summed E-state index contributed by atoms with van der Waals surface area (Å²) < 4.78 is 0. The Morgan fingerprint density at radius 2 is 2.16 bits per heavy atom. The Bertz CT molecular complexity index is 498. The third-order valence-electron chi connectivity index (χ3n) is 4.12. The van der Waals surface area contributed by atoms with Crippen molar-refractivity contribution in [1.29, 1.82) is 0 Å². The predicted octanol–water partition coefficient (Wildman–Crippen LogP) is 1.52. The minimum Gasteiger partial charge on any atom is -0.369 e. The number of likely N-dealkylation sites (tertiary alicyclic amines) is 1. The predicted molar refractivity (Wildman–Crippen MR) is 72.8 cm³/mol. The van der Waals surface area contributed by atoms with Crippen LogP contribution in [0.5, 0.6) is 0 Å². The zero-order valence-corrected chi connectivity index (χ0v) is 11.5. The van der Waals surface area contributed by atoms with Crippen molar-refractivity contribution < 1.29 is 4.79 Å². The molecule has 2 aliphatic rings. The molecule has 19 heavy (non-hydrogen) atoms. The number of hydrogen-bond donors (Lipinski definition) is 1. The second kappa shape index (κ2) is 4.79. The summed E-state index contributed by atoms with van der Waals surface area (Å²) >= 11 is 0. The zero-order valence-electron chi connectivity index (χ0n) is 11.5. The van der Waals surface area contributed by atoms with Crippen LogP contribution >= 0.6 is 0 Å². The molecule has 0 aromatic carbocycles. The smallest absolute Gasteiger partial charge is 0.223 e. The third-order valence-corrected chi connectivity index (χ3v) is 4.12. The van der Waals surface area contributed by atoms with Crippen LogP contribution in [-0.2, 0) is 4.79 Å². The summed E-state index contributed by atoms with van der Waals surface area (Å²) in [6.07, 6.45) is 4.64. The lowest BCUT2D eigenvalue weighted by Crippen LogP contribution is -2.28. The number of anilines is 1. The van der Waals surface area contributed by atoms with Gasteiger partial charge in [0.05, 0.1) is 0 Å². The van der Waals surface area contributed by atoms with Gasteiger partial charge < -0.3 is 10.2 Å². The standard InChI is InChI=1S/C14H20N4O/c1-9-10(2)16-8-17-14(9)15-6-11-5-13(19)18(7-11)12-3-4-12/h8,11-12H,3-7H2,1-2H3,(H,15,16,17). The summed E-state index contributed by atoms with van der Waals surface area (Å²) in [5, 5.41) is 3.37. The second-order valence-corrected chi connectivity index (χ2v) is 5.66. The Morgan fingerprint density at radius 3 is 2.89 bits per heavy atom. The molecule has 2 fully saturated rings. The topological polar surface area (TPSA) is 58.1 Å². The van der Waals surface area contributed by atoms with Crippen molar-refractivity contribution in [2.24, 2.45) is 5.92 Å². The number of nitrogens with one attached hydrogen (secondary N) is 1. The highest BCUT2D eigenvalue weighted by Crippen LogP contribution is 2.32. The van der Waals surface area contributed by atoms with Crippen LogP contribution < -0.4 is 5.32 Å². The van der Waals surface area contributed by atoms with Crippen LogP contribution in [0.15, 0.2) is 6.33 Å². The molecule has 1 aliphatic heterocycles. The summed E-state index contributed by atoms with van der Waals surface area (Å²) in [6.45, 7) is 5.72. The minimum absolute atomic E-state index is 0.324. The number of hydrogen-bond acceptors (Lipinski definition) is 4. The monoisotopic (exact) mass is 260 g/mol. The molecule has 1 saturated carbocycles. The SMILES string of the molecule is Cc1ncnc(NCC2CC(=O)N(C3CC3)C2)c1C. The van der Waals surface area contributed by atoms with Crippen molar-refractivity contribution >= 4 is 11.7 Å². The molecule has 102 valence electrons. The van der Waals surface area contributed by atoms with Crippen molar-refractivity contribution in [2.45, 2.75) is 39.2 Å². The number of aromatic nitrogens is 2. The lowest BCUT2D eigenvalue weighted by molar-refractivity contribution is -0.128. The highest BCUT2D eigenvalue weighted by molar-refractivity contribution is 5.79. The van der Waals surface area contributed by atoms with Crippen molar-refractivity contribution in [3.63, 3.8) is 0 Å². The van der Waals surface area contributed by atoms with Crippen LogP contribution in [0.3, 0.4) is 0 Å². The first-order valence-corrected chi connectivity index (χ1v) is 6.96. The molecule has 0 radical (unpaired) electrons. The first-order chi connectivity index (χ1) is 9.15. The second-order valence-electron chi connectivity index (χ2n) is 5.66. The molecule has 1 unspecified atom stereocenters. The summed E-state index contributed by atoms with van der Waals surface area (Å²) in [7, 11) is 0. The van der Waals surface area contributed by atoms with E-state index in [9.17, 15) is 4.79 Å².